The van der Waals surface area contributed by atoms with Crippen molar-refractivity contribution in [1.82, 2.24) is 0 Å². The molecule has 0 aliphatic carbocycles. The van der Waals surface area contributed by atoms with Crippen LogP contribution in [0.1, 0.15) is 17.2 Å². The molecule has 0 spiro atoms. The van der Waals surface area contributed by atoms with Gasteiger partial charge in [0.15, 0.2) is 0 Å². The van der Waals surface area contributed by atoms with E-state index in [1.807, 2.05) is 6.07 Å². The van der Waals surface area contributed by atoms with Crippen molar-refractivity contribution in [2.45, 2.75) is 6.10 Å². The predicted octanol–water partition coefficient (Wildman–Crippen LogP) is 0.972. The van der Waals surface area contributed by atoms with E-state index in [1.54, 1.807) is 24.3 Å². The van der Waals surface area contributed by atoms with E-state index in [2.05, 4.69) is 0 Å². The minimum Gasteiger partial charge on any atom is -0.387 e. The first-order valence-electron chi connectivity index (χ1n) is 3.66. The van der Waals surface area contributed by atoms with Crippen LogP contribution in [0.4, 0.5) is 0 Å². The number of nitrogens with zero attached hydrogens (tertiary/aromatic N) is 1. The van der Waals surface area contributed by atoms with Crippen LogP contribution in [0.25, 0.3) is 0 Å². The van der Waals surface area contributed by atoms with Crippen molar-refractivity contribution in [2.24, 2.45) is 5.73 Å². The molecule has 0 aliphatic heterocycles. The minimum atomic E-state index is -0.668. The van der Waals surface area contributed by atoms with Gasteiger partial charge in [-0.25, -0.2) is 0 Å². The molecule has 0 saturated carbocycles. The Morgan fingerprint density at radius 1 is 1.54 bits per heavy atom. The third-order valence-corrected chi connectivity index (χ3v) is 1.62. The average Bonchev–Trinajstić information content (AvgIpc) is 2.17. The lowest BCUT2D eigenvalue weighted by atomic mass is 10.1. The Morgan fingerprint density at radius 2 is 2.23 bits per heavy atom. The zero-order chi connectivity index (χ0) is 8.97. The second kappa shape index (κ2) is 5.55. The van der Waals surface area contributed by atoms with Crippen LogP contribution >= 0.6 is 12.4 Å². The Hall–Kier alpha value is -1.08. The van der Waals surface area contributed by atoms with Crippen molar-refractivity contribution in [3.8, 4) is 6.07 Å². The van der Waals surface area contributed by atoms with E-state index in [9.17, 15) is 5.11 Å². The lowest BCUT2D eigenvalue weighted by Crippen LogP contribution is -2.11. The van der Waals surface area contributed by atoms with Crippen molar-refractivity contribution in [2.75, 3.05) is 6.54 Å². The molecular formula is C9H11ClN2O. The van der Waals surface area contributed by atoms with Crippen LogP contribution in [-0.2, 0) is 0 Å². The van der Waals surface area contributed by atoms with Gasteiger partial charge in [-0.2, -0.15) is 5.26 Å². The van der Waals surface area contributed by atoms with Crippen molar-refractivity contribution in [3.63, 3.8) is 0 Å². The van der Waals surface area contributed by atoms with E-state index in [4.69, 9.17) is 11.0 Å². The first kappa shape index (κ1) is 11.9. The molecule has 0 saturated heterocycles. The van der Waals surface area contributed by atoms with E-state index in [1.165, 1.54) is 0 Å². The molecule has 0 aromatic heterocycles. The summed E-state index contributed by atoms with van der Waals surface area (Å²) >= 11 is 0. The summed E-state index contributed by atoms with van der Waals surface area (Å²) in [6.45, 7) is 0.175. The van der Waals surface area contributed by atoms with Crippen molar-refractivity contribution in [1.29, 1.82) is 5.26 Å². The molecule has 3 N–H and O–H groups in total. The second-order valence-corrected chi connectivity index (χ2v) is 2.49. The standard InChI is InChI=1S/C9H10N2O.ClH/c10-5-7-2-1-3-8(4-7)9(12)6-11;/h1-4,9,12H,6,11H2;1H/t9-;/m1./s1. The Bertz CT molecular complexity index is 309. The molecule has 0 bridgehead atoms. The van der Waals surface area contributed by atoms with Gasteiger partial charge in [0.05, 0.1) is 17.7 Å². The van der Waals surface area contributed by atoms with Crippen LogP contribution in [0.3, 0.4) is 0 Å². The highest BCUT2D eigenvalue weighted by Crippen LogP contribution is 2.12. The van der Waals surface area contributed by atoms with Crippen LogP contribution in [0.2, 0.25) is 0 Å². The van der Waals surface area contributed by atoms with E-state index in [0.717, 1.165) is 0 Å². The lowest BCUT2D eigenvalue weighted by Gasteiger charge is -2.06. The maximum absolute atomic E-state index is 9.31. The minimum absolute atomic E-state index is 0. The zero-order valence-corrected chi connectivity index (χ0v) is 7.79. The summed E-state index contributed by atoms with van der Waals surface area (Å²) in [7, 11) is 0. The molecule has 13 heavy (non-hydrogen) atoms. The quantitative estimate of drug-likeness (QED) is 0.744. The normalized spacial score (nSPS) is 11.2. The van der Waals surface area contributed by atoms with Crippen LogP contribution in [-0.4, -0.2) is 11.7 Å². The highest BCUT2D eigenvalue weighted by molar-refractivity contribution is 5.85. The van der Waals surface area contributed by atoms with Gasteiger partial charge < -0.3 is 10.8 Å². The fourth-order valence-corrected chi connectivity index (χ4v) is 0.952. The Morgan fingerprint density at radius 3 is 2.77 bits per heavy atom. The van der Waals surface area contributed by atoms with Gasteiger partial charge in [0.25, 0.3) is 0 Å². The van der Waals surface area contributed by atoms with E-state index >= 15 is 0 Å². The van der Waals surface area contributed by atoms with Crippen LogP contribution in [0.5, 0.6) is 0 Å². The van der Waals surface area contributed by atoms with Crippen LogP contribution < -0.4 is 5.73 Å². The van der Waals surface area contributed by atoms with E-state index in [-0.39, 0.29) is 19.0 Å². The van der Waals surface area contributed by atoms with Gasteiger partial charge in [0.1, 0.15) is 0 Å². The lowest BCUT2D eigenvalue weighted by molar-refractivity contribution is 0.186. The summed E-state index contributed by atoms with van der Waals surface area (Å²) in [4.78, 5) is 0. The number of hydrogen-bond donors (Lipinski definition) is 2. The number of halogens is 1. The largest absolute Gasteiger partial charge is 0.387 e. The Kier molecular flexibility index (Phi) is 5.09. The second-order valence-electron chi connectivity index (χ2n) is 2.49. The molecule has 0 heterocycles. The monoisotopic (exact) mass is 198 g/mol. The summed E-state index contributed by atoms with van der Waals surface area (Å²) in [5.41, 5.74) is 6.50. The van der Waals surface area contributed by atoms with Gasteiger partial charge in [0.2, 0.25) is 0 Å². The highest BCUT2D eigenvalue weighted by Gasteiger charge is 2.04. The molecule has 70 valence electrons. The maximum atomic E-state index is 9.31. The molecule has 1 rings (SSSR count). The number of nitrogens with two attached hydrogens (primary N) is 1. The topological polar surface area (TPSA) is 70.0 Å². The molecule has 4 heteroatoms. The molecule has 0 unspecified atom stereocenters. The van der Waals surface area contributed by atoms with Crippen molar-refractivity contribution in [3.05, 3.63) is 35.4 Å². The van der Waals surface area contributed by atoms with Crippen LogP contribution in [0.15, 0.2) is 24.3 Å². The van der Waals surface area contributed by atoms with Crippen molar-refractivity contribution >= 4 is 12.4 Å². The van der Waals surface area contributed by atoms with Gasteiger partial charge >= 0.3 is 0 Å². The summed E-state index contributed by atoms with van der Waals surface area (Å²) < 4.78 is 0. The molecule has 0 fully saturated rings. The fourth-order valence-electron chi connectivity index (χ4n) is 0.952. The SMILES string of the molecule is Cl.N#Cc1cccc([C@H](O)CN)c1. The third-order valence-electron chi connectivity index (χ3n) is 1.62. The molecule has 0 aliphatic rings. The number of nitriles is 1. The molecule has 1 aromatic carbocycles. The molecule has 1 atom stereocenters. The van der Waals surface area contributed by atoms with Crippen molar-refractivity contribution < 1.29 is 5.11 Å². The number of aliphatic hydroxyl groups excluding tert-OH is 1. The van der Waals surface area contributed by atoms with Gasteiger partial charge in [0, 0.05) is 6.54 Å². The molecule has 3 nitrogen and oxygen atoms in total. The van der Waals surface area contributed by atoms with E-state index in [0.29, 0.717) is 11.1 Å². The first-order chi connectivity index (χ1) is 5.77. The number of benzene rings is 1. The number of hydrogen-bond acceptors (Lipinski definition) is 3. The third kappa shape index (κ3) is 3.03. The number of rotatable bonds is 2. The average molecular weight is 199 g/mol. The zero-order valence-electron chi connectivity index (χ0n) is 6.97. The summed E-state index contributed by atoms with van der Waals surface area (Å²) in [5.74, 6) is 0. The molecule has 0 amide bonds. The molecule has 1 aromatic rings. The maximum Gasteiger partial charge on any atom is 0.0991 e. The van der Waals surface area contributed by atoms with Gasteiger partial charge in [-0.15, -0.1) is 12.4 Å². The summed E-state index contributed by atoms with van der Waals surface area (Å²) in [5, 5.41) is 17.9. The fraction of sp³-hybridized carbons (Fsp3) is 0.222. The Labute approximate surface area is 83.2 Å². The smallest absolute Gasteiger partial charge is 0.0991 e. The van der Waals surface area contributed by atoms with Gasteiger partial charge in [-0.05, 0) is 17.7 Å². The number of aliphatic hydroxyl groups is 1. The van der Waals surface area contributed by atoms with Gasteiger partial charge in [-0.3, -0.25) is 0 Å². The molecular weight excluding hydrogens is 188 g/mol. The van der Waals surface area contributed by atoms with Crippen LogP contribution in [0, 0.1) is 11.3 Å². The molecule has 0 radical (unpaired) electrons. The predicted molar refractivity (Wildman–Crippen MR) is 52.4 cm³/mol. The Balaban J connectivity index is 0.00000144. The summed E-state index contributed by atoms with van der Waals surface area (Å²) in [6, 6.07) is 8.80. The first-order valence-corrected chi connectivity index (χ1v) is 3.66. The van der Waals surface area contributed by atoms with Gasteiger partial charge in [-0.1, -0.05) is 12.1 Å². The van der Waals surface area contributed by atoms with E-state index < -0.39 is 6.10 Å². The summed E-state index contributed by atoms with van der Waals surface area (Å²) in [6.07, 6.45) is -0.668. The highest BCUT2D eigenvalue weighted by atomic mass is 35.5.